The molecule has 0 saturated heterocycles. The van der Waals surface area contributed by atoms with Gasteiger partial charge >= 0.3 is 0 Å². The van der Waals surface area contributed by atoms with Crippen LogP contribution >= 0.6 is 0 Å². The van der Waals surface area contributed by atoms with Crippen LogP contribution in [0.3, 0.4) is 0 Å². The van der Waals surface area contributed by atoms with Gasteiger partial charge in [-0.25, -0.2) is 0 Å². The van der Waals surface area contributed by atoms with E-state index in [-0.39, 0.29) is 11.8 Å². The van der Waals surface area contributed by atoms with Crippen LogP contribution in [0.2, 0.25) is 0 Å². The van der Waals surface area contributed by atoms with Gasteiger partial charge < -0.3 is 15.3 Å². The van der Waals surface area contributed by atoms with Gasteiger partial charge in [0.05, 0.1) is 12.5 Å². The van der Waals surface area contributed by atoms with Crippen LogP contribution in [0.4, 0.5) is 0 Å². The van der Waals surface area contributed by atoms with Crippen molar-refractivity contribution in [2.45, 2.75) is 38.6 Å². The summed E-state index contributed by atoms with van der Waals surface area (Å²) in [5, 5.41) is 12.6. The lowest BCUT2D eigenvalue weighted by atomic mass is 9.90. The average molecular weight is 383 g/mol. The summed E-state index contributed by atoms with van der Waals surface area (Å²) < 4.78 is 0. The van der Waals surface area contributed by atoms with Crippen molar-refractivity contribution in [3.63, 3.8) is 0 Å². The second-order valence-corrected chi connectivity index (χ2v) is 6.82. The summed E-state index contributed by atoms with van der Waals surface area (Å²) in [6.45, 7) is 4.80. The highest BCUT2D eigenvalue weighted by Gasteiger charge is 2.29. The van der Waals surface area contributed by atoms with Crippen LogP contribution in [-0.2, 0) is 9.59 Å². The lowest BCUT2D eigenvalue weighted by molar-refractivity contribution is -0.137. The molecule has 2 rings (SSSR count). The summed E-state index contributed by atoms with van der Waals surface area (Å²) in [7, 11) is 0. The molecular weight excluding hydrogens is 352 g/mol. The van der Waals surface area contributed by atoms with E-state index < -0.39 is 18.6 Å². The maximum absolute atomic E-state index is 13.2. The predicted octanol–water partition coefficient (Wildman–Crippen LogP) is 2.94. The zero-order valence-electron chi connectivity index (χ0n) is 16.7. The van der Waals surface area contributed by atoms with Crippen LogP contribution in [-0.4, -0.2) is 47.6 Å². The van der Waals surface area contributed by atoms with Gasteiger partial charge in [0, 0.05) is 13.1 Å². The van der Waals surface area contributed by atoms with Crippen LogP contribution < -0.4 is 5.32 Å². The molecule has 0 radical (unpaired) electrons. The molecule has 1 unspecified atom stereocenters. The van der Waals surface area contributed by atoms with E-state index in [4.69, 9.17) is 0 Å². The van der Waals surface area contributed by atoms with Gasteiger partial charge in [-0.1, -0.05) is 74.5 Å². The standard InChI is InChI=1S/C23H30N2O3/c1-3-15-25(16-4-2)23(28)20(17-26)24-22(27)21(18-11-7-5-8-12-18)19-13-9-6-10-14-19/h5-14,20-21,26H,3-4,15-17H2,1-2H3,(H,24,27). The summed E-state index contributed by atoms with van der Waals surface area (Å²) >= 11 is 0. The normalized spacial score (nSPS) is 11.9. The van der Waals surface area contributed by atoms with E-state index in [2.05, 4.69) is 5.32 Å². The Morgan fingerprint density at radius 1 is 0.893 bits per heavy atom. The Hall–Kier alpha value is -2.66. The Kier molecular flexibility index (Phi) is 8.69. The molecule has 0 aromatic heterocycles. The van der Waals surface area contributed by atoms with Gasteiger partial charge in [0.15, 0.2) is 0 Å². The van der Waals surface area contributed by atoms with Crippen molar-refractivity contribution in [1.82, 2.24) is 10.2 Å². The summed E-state index contributed by atoms with van der Waals surface area (Å²) in [5.41, 5.74) is 1.68. The van der Waals surface area contributed by atoms with Crippen LogP contribution in [0, 0.1) is 0 Å². The van der Waals surface area contributed by atoms with Gasteiger partial charge in [-0.2, -0.15) is 0 Å². The molecule has 0 heterocycles. The quantitative estimate of drug-likeness (QED) is 0.664. The fourth-order valence-electron chi connectivity index (χ4n) is 3.32. The molecule has 2 N–H and O–H groups in total. The van der Waals surface area contributed by atoms with Gasteiger partial charge in [-0.15, -0.1) is 0 Å². The Bertz CT molecular complexity index is 689. The molecule has 2 aromatic rings. The number of nitrogens with zero attached hydrogens (tertiary/aromatic N) is 1. The van der Waals surface area contributed by atoms with Crippen LogP contribution in [0.5, 0.6) is 0 Å². The molecular formula is C23H30N2O3. The van der Waals surface area contributed by atoms with Gasteiger partial charge in [0.2, 0.25) is 11.8 Å². The molecule has 5 nitrogen and oxygen atoms in total. The number of carbonyl (C=O) groups excluding carboxylic acids is 2. The lowest BCUT2D eigenvalue weighted by Crippen LogP contribution is -2.52. The average Bonchev–Trinajstić information content (AvgIpc) is 2.73. The summed E-state index contributed by atoms with van der Waals surface area (Å²) in [5.74, 6) is -1.08. The third-order valence-corrected chi connectivity index (χ3v) is 4.62. The van der Waals surface area contributed by atoms with Crippen molar-refractivity contribution in [3.8, 4) is 0 Å². The molecule has 0 aliphatic carbocycles. The number of benzene rings is 2. The number of nitrogens with one attached hydrogen (secondary N) is 1. The van der Waals surface area contributed by atoms with E-state index in [1.54, 1.807) is 4.90 Å². The smallest absolute Gasteiger partial charge is 0.247 e. The molecule has 0 aliphatic heterocycles. The Labute approximate surface area is 167 Å². The molecule has 1 atom stereocenters. The topological polar surface area (TPSA) is 69.6 Å². The molecule has 2 amide bonds. The second-order valence-electron chi connectivity index (χ2n) is 6.82. The van der Waals surface area contributed by atoms with E-state index >= 15 is 0 Å². The van der Waals surface area contributed by atoms with Crippen molar-refractivity contribution in [2.75, 3.05) is 19.7 Å². The molecule has 5 heteroatoms. The monoisotopic (exact) mass is 382 g/mol. The van der Waals surface area contributed by atoms with Crippen molar-refractivity contribution in [2.24, 2.45) is 0 Å². The first-order valence-corrected chi connectivity index (χ1v) is 9.92. The molecule has 150 valence electrons. The molecule has 0 bridgehead atoms. The van der Waals surface area contributed by atoms with Crippen molar-refractivity contribution in [3.05, 3.63) is 71.8 Å². The predicted molar refractivity (Wildman–Crippen MR) is 111 cm³/mol. The first-order chi connectivity index (χ1) is 13.6. The number of carbonyl (C=O) groups is 2. The Morgan fingerprint density at radius 2 is 1.36 bits per heavy atom. The number of rotatable bonds is 10. The number of aliphatic hydroxyl groups is 1. The first-order valence-electron chi connectivity index (χ1n) is 9.92. The number of hydrogen-bond donors (Lipinski definition) is 2. The van der Waals surface area contributed by atoms with Gasteiger partial charge in [0.25, 0.3) is 0 Å². The van der Waals surface area contributed by atoms with E-state index in [1.807, 2.05) is 74.5 Å². The fourth-order valence-corrected chi connectivity index (χ4v) is 3.32. The van der Waals surface area contributed by atoms with Gasteiger partial charge in [-0.05, 0) is 24.0 Å². The van der Waals surface area contributed by atoms with Crippen molar-refractivity contribution in [1.29, 1.82) is 0 Å². The minimum Gasteiger partial charge on any atom is -0.394 e. The SMILES string of the molecule is CCCN(CCC)C(=O)C(CO)NC(=O)C(c1ccccc1)c1ccccc1. The third-order valence-electron chi connectivity index (χ3n) is 4.62. The highest BCUT2D eigenvalue weighted by molar-refractivity contribution is 5.92. The number of amides is 2. The van der Waals surface area contributed by atoms with Crippen molar-refractivity contribution < 1.29 is 14.7 Å². The molecule has 0 saturated carbocycles. The minimum atomic E-state index is -0.944. The molecule has 2 aromatic carbocycles. The maximum Gasteiger partial charge on any atom is 0.247 e. The van der Waals surface area contributed by atoms with Gasteiger partial charge in [0.1, 0.15) is 6.04 Å². The third kappa shape index (κ3) is 5.67. The molecule has 0 spiro atoms. The van der Waals surface area contributed by atoms with Crippen LogP contribution in [0.1, 0.15) is 43.7 Å². The fraction of sp³-hybridized carbons (Fsp3) is 0.391. The second kappa shape index (κ2) is 11.2. The number of hydrogen-bond acceptors (Lipinski definition) is 3. The largest absolute Gasteiger partial charge is 0.394 e. The zero-order valence-corrected chi connectivity index (χ0v) is 16.7. The van der Waals surface area contributed by atoms with E-state index in [1.165, 1.54) is 0 Å². The summed E-state index contributed by atoms with van der Waals surface area (Å²) in [6, 6.07) is 18.0. The molecule has 28 heavy (non-hydrogen) atoms. The summed E-state index contributed by atoms with van der Waals surface area (Å²) in [4.78, 5) is 27.7. The maximum atomic E-state index is 13.2. The first kappa shape index (κ1) is 21.6. The Morgan fingerprint density at radius 3 is 1.75 bits per heavy atom. The zero-order chi connectivity index (χ0) is 20.4. The van der Waals surface area contributed by atoms with Crippen LogP contribution in [0.15, 0.2) is 60.7 Å². The Balaban J connectivity index is 2.25. The number of aliphatic hydroxyl groups excluding tert-OH is 1. The van der Waals surface area contributed by atoms with Gasteiger partial charge in [-0.3, -0.25) is 9.59 Å². The lowest BCUT2D eigenvalue weighted by Gasteiger charge is -2.28. The highest BCUT2D eigenvalue weighted by Crippen LogP contribution is 2.25. The van der Waals surface area contributed by atoms with E-state index in [0.717, 1.165) is 24.0 Å². The highest BCUT2D eigenvalue weighted by atomic mass is 16.3. The van der Waals surface area contributed by atoms with Crippen molar-refractivity contribution >= 4 is 11.8 Å². The summed E-state index contributed by atoms with van der Waals surface area (Å²) in [6.07, 6.45) is 1.66. The molecule has 0 aliphatic rings. The van der Waals surface area contributed by atoms with Crippen LogP contribution in [0.25, 0.3) is 0 Å². The van der Waals surface area contributed by atoms with E-state index in [0.29, 0.717) is 13.1 Å². The molecule has 0 fully saturated rings. The van der Waals surface area contributed by atoms with E-state index in [9.17, 15) is 14.7 Å². The minimum absolute atomic E-state index is 0.237.